The highest BCUT2D eigenvalue weighted by atomic mass is 35.5. The van der Waals surface area contributed by atoms with Gasteiger partial charge in [0.2, 0.25) is 5.28 Å². The number of nitrogens with two attached hydrogens (primary N) is 1. The first-order valence-electron chi connectivity index (χ1n) is 4.82. The Kier molecular flexibility index (Phi) is 3.36. The molecule has 0 radical (unpaired) electrons. The molecule has 5 nitrogen and oxygen atoms in total. The normalized spacial score (nSPS) is 10.3. The minimum absolute atomic E-state index is 0.00635. The number of nitrogens with zero attached hydrogens (tertiary/aromatic N) is 2. The van der Waals surface area contributed by atoms with Crippen LogP contribution in [0.15, 0.2) is 24.3 Å². The van der Waals surface area contributed by atoms with E-state index in [1.54, 1.807) is 18.2 Å². The van der Waals surface area contributed by atoms with Gasteiger partial charge in [0.1, 0.15) is 10.8 Å². The van der Waals surface area contributed by atoms with Crippen molar-refractivity contribution in [3.63, 3.8) is 0 Å². The summed E-state index contributed by atoms with van der Waals surface area (Å²) < 4.78 is 0. The summed E-state index contributed by atoms with van der Waals surface area (Å²) in [7, 11) is 0. The second-order valence-electron chi connectivity index (χ2n) is 3.39. The van der Waals surface area contributed by atoms with Gasteiger partial charge in [-0.25, -0.2) is 9.78 Å². The number of carboxylic acids is 1. The summed E-state index contributed by atoms with van der Waals surface area (Å²) in [5, 5.41) is 9.09. The van der Waals surface area contributed by atoms with Gasteiger partial charge in [0.15, 0.2) is 0 Å². The van der Waals surface area contributed by atoms with Crippen LogP contribution in [-0.4, -0.2) is 21.0 Å². The van der Waals surface area contributed by atoms with Gasteiger partial charge in [0.05, 0.1) is 11.3 Å². The number of hydrogen-bond donors (Lipinski definition) is 2. The Labute approximate surface area is 112 Å². The van der Waals surface area contributed by atoms with Crippen LogP contribution in [0.25, 0.3) is 11.3 Å². The Morgan fingerprint density at radius 1 is 1.22 bits per heavy atom. The van der Waals surface area contributed by atoms with Crippen LogP contribution in [0.1, 0.15) is 10.4 Å². The molecule has 0 saturated heterocycles. The summed E-state index contributed by atoms with van der Waals surface area (Å²) in [4.78, 5) is 18.7. The van der Waals surface area contributed by atoms with E-state index >= 15 is 0 Å². The van der Waals surface area contributed by atoms with Crippen LogP contribution in [0.4, 0.5) is 5.82 Å². The van der Waals surface area contributed by atoms with E-state index in [0.717, 1.165) is 0 Å². The van der Waals surface area contributed by atoms with Crippen LogP contribution in [0.3, 0.4) is 0 Å². The molecule has 1 heterocycles. The zero-order chi connectivity index (χ0) is 13.3. The fraction of sp³-hybridized carbons (Fsp3) is 0. The predicted molar refractivity (Wildman–Crippen MR) is 68.9 cm³/mol. The van der Waals surface area contributed by atoms with Gasteiger partial charge in [0.25, 0.3) is 0 Å². The van der Waals surface area contributed by atoms with Gasteiger partial charge in [0, 0.05) is 5.56 Å². The third-order valence-corrected chi connectivity index (χ3v) is 2.80. The molecule has 0 aliphatic carbocycles. The van der Waals surface area contributed by atoms with Gasteiger partial charge in [-0.05, 0) is 17.7 Å². The molecule has 0 aliphatic heterocycles. The lowest BCUT2D eigenvalue weighted by molar-refractivity contribution is 0.0697. The molecule has 2 rings (SSSR count). The number of carbonyl (C=O) groups is 1. The smallest absolute Gasteiger partial charge is 0.336 e. The van der Waals surface area contributed by atoms with Gasteiger partial charge in [-0.2, -0.15) is 4.98 Å². The van der Waals surface area contributed by atoms with Gasteiger partial charge < -0.3 is 10.8 Å². The van der Waals surface area contributed by atoms with E-state index in [-0.39, 0.29) is 27.4 Å². The van der Waals surface area contributed by atoms with Crippen LogP contribution >= 0.6 is 23.2 Å². The number of rotatable bonds is 2. The molecule has 2 aromatic rings. The maximum atomic E-state index is 11.1. The molecule has 0 saturated carbocycles. The second kappa shape index (κ2) is 4.80. The van der Waals surface area contributed by atoms with E-state index in [9.17, 15) is 4.79 Å². The van der Waals surface area contributed by atoms with Crippen LogP contribution in [0, 0.1) is 0 Å². The lowest BCUT2D eigenvalue weighted by Crippen LogP contribution is -2.03. The van der Waals surface area contributed by atoms with Gasteiger partial charge in [-0.3, -0.25) is 0 Å². The number of benzene rings is 1. The Morgan fingerprint density at radius 2 is 1.89 bits per heavy atom. The number of nitrogen functional groups attached to an aromatic ring is 1. The Morgan fingerprint density at radius 3 is 2.56 bits per heavy atom. The first kappa shape index (κ1) is 12.6. The SMILES string of the molecule is Nc1nc(Cl)nc(-c2ccccc2C(=O)O)c1Cl. The zero-order valence-electron chi connectivity index (χ0n) is 8.89. The van der Waals surface area contributed by atoms with Crippen molar-refractivity contribution in [3.05, 3.63) is 40.1 Å². The molecular formula is C11H7Cl2N3O2. The van der Waals surface area contributed by atoms with E-state index in [1.807, 2.05) is 0 Å². The van der Waals surface area contributed by atoms with Crippen LogP contribution in [0.5, 0.6) is 0 Å². The highest BCUT2D eigenvalue weighted by molar-refractivity contribution is 6.36. The Balaban J connectivity index is 2.73. The van der Waals surface area contributed by atoms with Gasteiger partial charge in [-0.15, -0.1) is 0 Å². The van der Waals surface area contributed by atoms with E-state index in [4.69, 9.17) is 34.0 Å². The van der Waals surface area contributed by atoms with Gasteiger partial charge in [-0.1, -0.05) is 29.8 Å². The second-order valence-corrected chi connectivity index (χ2v) is 4.11. The van der Waals surface area contributed by atoms with Crippen molar-refractivity contribution in [1.29, 1.82) is 0 Å². The lowest BCUT2D eigenvalue weighted by Gasteiger charge is -2.08. The van der Waals surface area contributed by atoms with Crippen molar-refractivity contribution in [1.82, 2.24) is 9.97 Å². The molecule has 0 bridgehead atoms. The lowest BCUT2D eigenvalue weighted by atomic mass is 10.0. The fourth-order valence-electron chi connectivity index (χ4n) is 1.49. The molecule has 0 spiro atoms. The number of hydrogen-bond acceptors (Lipinski definition) is 4. The Hall–Kier alpha value is -1.85. The molecule has 1 aromatic heterocycles. The quantitative estimate of drug-likeness (QED) is 0.827. The van der Waals surface area contributed by atoms with Gasteiger partial charge >= 0.3 is 5.97 Å². The first-order valence-corrected chi connectivity index (χ1v) is 5.57. The summed E-state index contributed by atoms with van der Waals surface area (Å²) in [5.41, 5.74) is 6.17. The number of anilines is 1. The van der Waals surface area contributed by atoms with Crippen molar-refractivity contribution in [3.8, 4) is 11.3 Å². The predicted octanol–water partition coefficient (Wildman–Crippen LogP) is 2.73. The number of aromatic carboxylic acids is 1. The van der Waals surface area contributed by atoms with E-state index in [1.165, 1.54) is 6.07 Å². The summed E-state index contributed by atoms with van der Waals surface area (Å²) in [6.07, 6.45) is 0. The zero-order valence-corrected chi connectivity index (χ0v) is 10.4. The van der Waals surface area contributed by atoms with Crippen LogP contribution in [-0.2, 0) is 0 Å². The monoisotopic (exact) mass is 283 g/mol. The standard InChI is InChI=1S/C11H7Cl2N3O2/c12-7-8(15-11(13)16-9(7)14)5-3-1-2-4-6(5)10(17)18/h1-4H,(H,17,18)(H2,14,15,16). The third-order valence-electron chi connectivity index (χ3n) is 2.26. The molecule has 3 N–H and O–H groups in total. The first-order chi connectivity index (χ1) is 8.50. The van der Waals surface area contributed by atoms with Crippen molar-refractivity contribution in [2.75, 3.05) is 5.73 Å². The molecular weight excluding hydrogens is 277 g/mol. The van der Waals surface area contributed by atoms with Crippen molar-refractivity contribution >= 4 is 35.0 Å². The summed E-state index contributed by atoms with van der Waals surface area (Å²) in [5.74, 6) is -1.08. The Bertz CT molecular complexity index is 632. The number of halogens is 2. The summed E-state index contributed by atoms with van der Waals surface area (Å²) in [6.45, 7) is 0. The number of aromatic nitrogens is 2. The molecule has 18 heavy (non-hydrogen) atoms. The molecule has 7 heteroatoms. The molecule has 0 unspecified atom stereocenters. The van der Waals surface area contributed by atoms with Crippen molar-refractivity contribution in [2.24, 2.45) is 0 Å². The van der Waals surface area contributed by atoms with E-state index in [2.05, 4.69) is 9.97 Å². The average molecular weight is 284 g/mol. The van der Waals surface area contributed by atoms with Crippen molar-refractivity contribution < 1.29 is 9.90 Å². The average Bonchev–Trinajstić information content (AvgIpc) is 2.33. The molecule has 0 aliphatic rings. The molecule has 0 atom stereocenters. The van der Waals surface area contributed by atoms with E-state index in [0.29, 0.717) is 5.56 Å². The highest BCUT2D eigenvalue weighted by Crippen LogP contribution is 2.32. The summed E-state index contributed by atoms with van der Waals surface area (Å²) >= 11 is 11.7. The highest BCUT2D eigenvalue weighted by Gasteiger charge is 2.17. The molecule has 92 valence electrons. The summed E-state index contributed by atoms with van der Waals surface area (Å²) in [6, 6.07) is 6.30. The topological polar surface area (TPSA) is 89.1 Å². The molecule has 0 amide bonds. The maximum Gasteiger partial charge on any atom is 0.336 e. The third kappa shape index (κ3) is 2.23. The van der Waals surface area contributed by atoms with Crippen molar-refractivity contribution in [2.45, 2.75) is 0 Å². The fourth-order valence-corrected chi connectivity index (χ4v) is 1.85. The maximum absolute atomic E-state index is 11.1. The molecule has 0 fully saturated rings. The van der Waals surface area contributed by atoms with Crippen LogP contribution in [0.2, 0.25) is 10.3 Å². The molecule has 1 aromatic carbocycles. The minimum Gasteiger partial charge on any atom is -0.478 e. The number of carboxylic acid groups (broad SMARTS) is 1. The minimum atomic E-state index is -1.09. The van der Waals surface area contributed by atoms with Crippen LogP contribution < -0.4 is 5.73 Å². The van der Waals surface area contributed by atoms with E-state index < -0.39 is 5.97 Å². The largest absolute Gasteiger partial charge is 0.478 e.